The Labute approximate surface area is 168 Å². The van der Waals surface area contributed by atoms with Gasteiger partial charge in [-0.15, -0.1) is 0 Å². The zero-order valence-corrected chi connectivity index (χ0v) is 18.1. The second kappa shape index (κ2) is 8.76. The Morgan fingerprint density at radius 3 is 2.32 bits per heavy atom. The van der Waals surface area contributed by atoms with Crippen LogP contribution < -0.4 is 4.74 Å². The predicted molar refractivity (Wildman–Crippen MR) is 113 cm³/mol. The van der Waals surface area contributed by atoms with E-state index < -0.39 is 5.60 Å². The maximum atomic E-state index is 11.6. The average Bonchev–Trinajstić information content (AvgIpc) is 2.54. The van der Waals surface area contributed by atoms with Gasteiger partial charge >= 0.3 is 11.9 Å². The van der Waals surface area contributed by atoms with Crippen molar-refractivity contribution in [2.45, 2.75) is 79.2 Å². The van der Waals surface area contributed by atoms with Crippen molar-refractivity contribution in [1.29, 1.82) is 0 Å². The molecule has 2 aromatic rings. The van der Waals surface area contributed by atoms with Crippen molar-refractivity contribution in [3.63, 3.8) is 0 Å². The van der Waals surface area contributed by atoms with Crippen molar-refractivity contribution >= 4 is 22.7 Å². The molecule has 0 saturated carbocycles. The van der Waals surface area contributed by atoms with E-state index in [1.54, 1.807) is 0 Å². The molecule has 152 valence electrons. The summed E-state index contributed by atoms with van der Waals surface area (Å²) in [6, 6.07) is 8.40. The third kappa shape index (κ3) is 5.57. The van der Waals surface area contributed by atoms with Crippen LogP contribution in [-0.4, -0.2) is 17.5 Å². The van der Waals surface area contributed by atoms with Gasteiger partial charge < -0.3 is 9.47 Å². The van der Waals surface area contributed by atoms with Crippen LogP contribution in [0.2, 0.25) is 0 Å². The summed E-state index contributed by atoms with van der Waals surface area (Å²) >= 11 is 0. The van der Waals surface area contributed by atoms with Gasteiger partial charge in [0.05, 0.1) is 0 Å². The molecule has 4 heteroatoms. The molecule has 0 N–H and O–H groups in total. The summed E-state index contributed by atoms with van der Waals surface area (Å²) in [6.45, 7) is 13.1. The summed E-state index contributed by atoms with van der Waals surface area (Å²) < 4.78 is 10.9. The number of esters is 2. The van der Waals surface area contributed by atoms with E-state index in [-0.39, 0.29) is 17.9 Å². The third-order valence-electron chi connectivity index (χ3n) is 5.00. The first-order valence-corrected chi connectivity index (χ1v) is 9.94. The normalized spacial score (nSPS) is 11.7. The molecular formula is C24H32O4. The van der Waals surface area contributed by atoms with Gasteiger partial charge in [0.15, 0.2) is 0 Å². The first-order chi connectivity index (χ1) is 13.0. The molecule has 0 aliphatic heterocycles. The Bertz CT molecular complexity index is 878. The van der Waals surface area contributed by atoms with Crippen LogP contribution in [0, 0.1) is 6.92 Å². The maximum Gasteiger partial charge on any atom is 0.308 e. The quantitative estimate of drug-likeness (QED) is 0.443. The Morgan fingerprint density at radius 1 is 1.07 bits per heavy atom. The summed E-state index contributed by atoms with van der Waals surface area (Å²) in [5, 5.41) is 2.27. The van der Waals surface area contributed by atoms with Gasteiger partial charge in [-0.3, -0.25) is 9.59 Å². The first-order valence-electron chi connectivity index (χ1n) is 9.94. The zero-order valence-electron chi connectivity index (χ0n) is 18.1. The highest BCUT2D eigenvalue weighted by Crippen LogP contribution is 2.35. The lowest BCUT2D eigenvalue weighted by atomic mass is 9.90. The highest BCUT2D eigenvalue weighted by Gasteiger charge is 2.21. The van der Waals surface area contributed by atoms with Crippen LogP contribution in [-0.2, 0) is 20.7 Å². The monoisotopic (exact) mass is 384 g/mol. The van der Waals surface area contributed by atoms with E-state index in [1.807, 2.05) is 19.9 Å². The molecule has 0 unspecified atom stereocenters. The van der Waals surface area contributed by atoms with Crippen molar-refractivity contribution in [1.82, 2.24) is 0 Å². The Balaban J connectivity index is 2.38. The smallest absolute Gasteiger partial charge is 0.308 e. The van der Waals surface area contributed by atoms with Crippen molar-refractivity contribution in [3.05, 3.63) is 41.0 Å². The molecule has 0 aliphatic rings. The zero-order chi connectivity index (χ0) is 21.1. The number of carbonyl (C=O) groups is 2. The van der Waals surface area contributed by atoms with Gasteiger partial charge in [0.2, 0.25) is 0 Å². The van der Waals surface area contributed by atoms with Crippen LogP contribution in [0.3, 0.4) is 0 Å². The molecule has 0 aromatic heterocycles. The number of hydrogen-bond donors (Lipinski definition) is 0. The minimum atomic E-state index is -0.474. The highest BCUT2D eigenvalue weighted by atomic mass is 16.6. The minimum absolute atomic E-state index is 0.251. The van der Waals surface area contributed by atoms with Crippen LogP contribution >= 0.6 is 0 Å². The van der Waals surface area contributed by atoms with E-state index in [2.05, 4.69) is 39.0 Å². The fraction of sp³-hybridized carbons (Fsp3) is 0.500. The largest absolute Gasteiger partial charge is 0.460 e. The summed E-state index contributed by atoms with van der Waals surface area (Å²) in [5.41, 5.74) is 3.02. The van der Waals surface area contributed by atoms with Crippen LogP contribution in [0.5, 0.6) is 5.75 Å². The average molecular weight is 385 g/mol. The van der Waals surface area contributed by atoms with Crippen molar-refractivity contribution in [3.8, 4) is 5.75 Å². The van der Waals surface area contributed by atoms with Gasteiger partial charge in [-0.25, -0.2) is 0 Å². The van der Waals surface area contributed by atoms with E-state index in [4.69, 9.17) is 9.47 Å². The molecular weight excluding hydrogens is 352 g/mol. The highest BCUT2D eigenvalue weighted by molar-refractivity contribution is 5.90. The third-order valence-corrected chi connectivity index (χ3v) is 5.00. The topological polar surface area (TPSA) is 52.6 Å². The lowest BCUT2D eigenvalue weighted by Crippen LogP contribution is -2.26. The molecule has 0 spiro atoms. The van der Waals surface area contributed by atoms with Gasteiger partial charge in [-0.1, -0.05) is 26.0 Å². The minimum Gasteiger partial charge on any atom is -0.460 e. The number of benzene rings is 2. The number of ether oxygens (including phenoxy) is 2. The molecule has 0 amide bonds. The van der Waals surface area contributed by atoms with Gasteiger partial charge in [-0.05, 0) is 85.5 Å². The standard InChI is InChI=1S/C24H32O4/c1-15(2)21-13-19-11-10-16(3)20(22(19)14-23(21)27-17(4)25)9-8-12-24(6,7)28-18(5)26/h10-11,13-15H,8-9,12H2,1-7H3. The number of aryl methyl sites for hydroxylation is 2. The SMILES string of the molecule is CC(=O)Oc1cc2c(CCCC(C)(C)OC(C)=O)c(C)ccc2cc1C(C)C. The van der Waals surface area contributed by atoms with E-state index in [0.29, 0.717) is 5.75 Å². The molecule has 0 atom stereocenters. The molecule has 2 aromatic carbocycles. The van der Waals surface area contributed by atoms with E-state index >= 15 is 0 Å². The fourth-order valence-electron chi connectivity index (χ4n) is 3.70. The number of rotatable bonds is 7. The number of hydrogen-bond acceptors (Lipinski definition) is 4. The second-order valence-electron chi connectivity index (χ2n) is 8.43. The summed E-state index contributed by atoms with van der Waals surface area (Å²) in [6.07, 6.45) is 2.55. The summed E-state index contributed by atoms with van der Waals surface area (Å²) in [7, 11) is 0. The van der Waals surface area contributed by atoms with E-state index in [1.165, 1.54) is 25.0 Å². The van der Waals surface area contributed by atoms with Crippen LogP contribution in [0.25, 0.3) is 10.8 Å². The Morgan fingerprint density at radius 2 is 1.75 bits per heavy atom. The summed E-state index contributed by atoms with van der Waals surface area (Å²) in [5.74, 6) is 0.340. The van der Waals surface area contributed by atoms with Crippen molar-refractivity contribution in [2.75, 3.05) is 0 Å². The second-order valence-corrected chi connectivity index (χ2v) is 8.43. The maximum absolute atomic E-state index is 11.6. The molecule has 0 radical (unpaired) electrons. The van der Waals surface area contributed by atoms with Gasteiger partial charge in [0.25, 0.3) is 0 Å². The number of fused-ring (bicyclic) bond motifs is 1. The Kier molecular flexibility index (Phi) is 6.87. The molecule has 0 heterocycles. The van der Waals surface area contributed by atoms with Crippen molar-refractivity contribution < 1.29 is 19.1 Å². The predicted octanol–water partition coefficient (Wildman–Crippen LogP) is 5.86. The molecule has 0 aliphatic carbocycles. The van der Waals surface area contributed by atoms with Crippen LogP contribution in [0.15, 0.2) is 24.3 Å². The van der Waals surface area contributed by atoms with E-state index in [0.717, 1.165) is 35.6 Å². The molecule has 0 saturated heterocycles. The van der Waals surface area contributed by atoms with Gasteiger partial charge in [-0.2, -0.15) is 0 Å². The van der Waals surface area contributed by atoms with E-state index in [9.17, 15) is 9.59 Å². The molecule has 2 rings (SSSR count). The molecule has 4 nitrogen and oxygen atoms in total. The van der Waals surface area contributed by atoms with Gasteiger partial charge in [0, 0.05) is 13.8 Å². The Hall–Kier alpha value is -2.36. The lowest BCUT2D eigenvalue weighted by Gasteiger charge is -2.24. The van der Waals surface area contributed by atoms with Crippen LogP contribution in [0.1, 0.15) is 77.0 Å². The summed E-state index contributed by atoms with van der Waals surface area (Å²) in [4.78, 5) is 22.9. The van der Waals surface area contributed by atoms with Crippen LogP contribution in [0.4, 0.5) is 0 Å². The molecule has 0 bridgehead atoms. The number of carbonyl (C=O) groups excluding carboxylic acids is 2. The van der Waals surface area contributed by atoms with Crippen molar-refractivity contribution in [2.24, 2.45) is 0 Å². The molecule has 28 heavy (non-hydrogen) atoms. The first kappa shape index (κ1) is 21.9. The van der Waals surface area contributed by atoms with Gasteiger partial charge in [0.1, 0.15) is 11.4 Å². The fourth-order valence-corrected chi connectivity index (χ4v) is 3.70. The lowest BCUT2D eigenvalue weighted by molar-refractivity contribution is -0.154. The molecule has 0 fully saturated rings.